The Hall–Kier alpha value is -8.00. The SMILES string of the molecule is Cc1ccc2cc(-c3ccc4cc(\C=C/C=C\C=C\Nc5ccccc5)ccc4c3)ccc2c1.Cc1ccccc1.Cc1ccccc1.c1ccc2ccccc2c1.c1ccccc1. The second-order valence-corrected chi connectivity index (χ2v) is 15.3. The molecule has 1 nitrogen and oxygen atoms in total. The van der Waals surface area contributed by atoms with Gasteiger partial charge in [0.15, 0.2) is 0 Å². The van der Waals surface area contributed by atoms with E-state index >= 15 is 0 Å². The molecule has 0 unspecified atom stereocenters. The summed E-state index contributed by atoms with van der Waals surface area (Å²) >= 11 is 0. The maximum absolute atomic E-state index is 3.24. The maximum Gasteiger partial charge on any atom is 0.0379 e. The molecule has 0 amide bonds. The Morgan fingerprint density at radius 2 is 0.672 bits per heavy atom. The molecule has 0 aliphatic rings. The van der Waals surface area contributed by atoms with Gasteiger partial charge in [0.1, 0.15) is 0 Å². The van der Waals surface area contributed by atoms with E-state index in [4.69, 9.17) is 0 Å². The van der Waals surface area contributed by atoms with Crippen LogP contribution in [0.4, 0.5) is 5.69 Å². The number of rotatable bonds is 6. The quantitative estimate of drug-likeness (QED) is 0.165. The lowest BCUT2D eigenvalue weighted by Gasteiger charge is -2.07. The van der Waals surface area contributed by atoms with Crippen molar-refractivity contribution in [2.45, 2.75) is 20.8 Å². The first-order valence-electron chi connectivity index (χ1n) is 21.8. The van der Waals surface area contributed by atoms with E-state index in [2.05, 4.69) is 184 Å². The summed E-state index contributed by atoms with van der Waals surface area (Å²) in [5.41, 5.74) is 8.71. The summed E-state index contributed by atoms with van der Waals surface area (Å²) < 4.78 is 0. The first-order valence-corrected chi connectivity index (χ1v) is 21.8. The molecule has 0 fully saturated rings. The van der Waals surface area contributed by atoms with Crippen LogP contribution in [0.5, 0.6) is 0 Å². The number of anilines is 1. The topological polar surface area (TPSA) is 12.0 Å². The highest BCUT2D eigenvalue weighted by Crippen LogP contribution is 2.28. The molecule has 10 aromatic carbocycles. The highest BCUT2D eigenvalue weighted by molar-refractivity contribution is 5.92. The van der Waals surface area contributed by atoms with Gasteiger partial charge >= 0.3 is 0 Å². The lowest BCUT2D eigenvalue weighted by molar-refractivity contribution is 1.48. The fraction of sp³-hybridized carbons (Fsp3) is 0.0476. The Labute approximate surface area is 381 Å². The van der Waals surface area contributed by atoms with E-state index in [0.29, 0.717) is 0 Å². The average Bonchev–Trinajstić information content (AvgIpc) is 3.35. The minimum atomic E-state index is 1.08. The Kier molecular flexibility index (Phi) is 18.3. The van der Waals surface area contributed by atoms with Crippen molar-refractivity contribution in [2.75, 3.05) is 5.32 Å². The van der Waals surface area contributed by atoms with E-state index in [1.54, 1.807) is 0 Å². The first kappa shape index (κ1) is 45.5. The number of benzene rings is 10. The molecule has 0 aliphatic heterocycles. The normalized spacial score (nSPS) is 10.5. The second kappa shape index (κ2) is 25.7. The molecule has 0 bridgehead atoms. The third-order valence-corrected chi connectivity index (χ3v) is 10.1. The molecule has 0 saturated heterocycles. The van der Waals surface area contributed by atoms with Crippen molar-refractivity contribution < 1.29 is 0 Å². The standard InChI is InChI=1S/C33H27N.C10H8.2C7H8.C6H6/c1-25-12-14-29-23-31(18-16-27(29)21-25)32-19-17-28-22-26(13-15-30(28)24-32)9-5-2-3-8-20-34-33-10-6-4-7-11-33;1-2-6-10-8-4-3-7-9(10)5-1;2*1-7-5-3-2-4-6-7;1-2-4-6-5-3-1/h2-24,34H,1H3;1-8H;2*2-6H,1H3;1-6H/b3-2-,9-5-,20-8+;;;;. The number of allylic oxidation sites excluding steroid dienone is 4. The van der Waals surface area contributed by atoms with Gasteiger partial charge in [0, 0.05) is 11.9 Å². The van der Waals surface area contributed by atoms with Crippen molar-refractivity contribution >= 4 is 44.1 Å². The molecule has 0 atom stereocenters. The number of aryl methyl sites for hydroxylation is 3. The molecular formula is C63H57N. The van der Waals surface area contributed by atoms with Crippen molar-refractivity contribution in [1.29, 1.82) is 0 Å². The lowest BCUT2D eigenvalue weighted by atomic mass is 9.97. The summed E-state index contributed by atoms with van der Waals surface area (Å²) in [7, 11) is 0. The molecule has 1 N–H and O–H groups in total. The zero-order valence-electron chi connectivity index (χ0n) is 37.1. The van der Waals surface area contributed by atoms with Crippen LogP contribution in [-0.4, -0.2) is 0 Å². The van der Waals surface area contributed by atoms with Crippen LogP contribution in [0.3, 0.4) is 0 Å². The van der Waals surface area contributed by atoms with Crippen molar-refractivity contribution in [3.63, 3.8) is 0 Å². The Bertz CT molecular complexity index is 2840. The van der Waals surface area contributed by atoms with Crippen LogP contribution < -0.4 is 5.32 Å². The van der Waals surface area contributed by atoms with Gasteiger partial charge in [0.2, 0.25) is 0 Å². The van der Waals surface area contributed by atoms with Gasteiger partial charge in [-0.2, -0.15) is 0 Å². The fourth-order valence-corrected chi connectivity index (χ4v) is 6.71. The molecule has 0 heterocycles. The highest BCUT2D eigenvalue weighted by Gasteiger charge is 2.03. The van der Waals surface area contributed by atoms with E-state index in [-0.39, 0.29) is 0 Å². The third kappa shape index (κ3) is 15.8. The van der Waals surface area contributed by atoms with Crippen LogP contribution >= 0.6 is 0 Å². The summed E-state index contributed by atoms with van der Waals surface area (Å²) in [6.07, 6.45) is 12.2. The van der Waals surface area contributed by atoms with Crippen molar-refractivity contribution in [3.8, 4) is 11.1 Å². The van der Waals surface area contributed by atoms with E-state index in [1.165, 1.54) is 65.7 Å². The average molecular weight is 828 g/mol. The summed E-state index contributed by atoms with van der Waals surface area (Å²) in [5, 5.41) is 10.9. The smallest absolute Gasteiger partial charge is 0.0379 e. The molecule has 314 valence electrons. The number of nitrogens with one attached hydrogen (secondary N) is 1. The number of hydrogen-bond donors (Lipinski definition) is 1. The molecule has 0 saturated carbocycles. The number of hydrogen-bond acceptors (Lipinski definition) is 1. The zero-order chi connectivity index (χ0) is 44.4. The van der Waals surface area contributed by atoms with E-state index in [0.717, 1.165) is 5.69 Å². The van der Waals surface area contributed by atoms with Crippen LogP contribution in [-0.2, 0) is 0 Å². The second-order valence-electron chi connectivity index (χ2n) is 15.3. The van der Waals surface area contributed by atoms with Crippen LogP contribution in [0.15, 0.2) is 279 Å². The third-order valence-electron chi connectivity index (χ3n) is 10.1. The predicted octanol–water partition coefficient (Wildman–Crippen LogP) is 17.7. The van der Waals surface area contributed by atoms with Gasteiger partial charge < -0.3 is 5.32 Å². The lowest BCUT2D eigenvalue weighted by Crippen LogP contribution is -1.84. The highest BCUT2D eigenvalue weighted by atomic mass is 14.8. The van der Waals surface area contributed by atoms with Gasteiger partial charge in [0.05, 0.1) is 0 Å². The summed E-state index contributed by atoms with van der Waals surface area (Å²) in [6.45, 7) is 6.30. The molecule has 64 heavy (non-hydrogen) atoms. The fourth-order valence-electron chi connectivity index (χ4n) is 6.71. The van der Waals surface area contributed by atoms with Gasteiger partial charge in [-0.05, 0) is 106 Å². The zero-order valence-corrected chi connectivity index (χ0v) is 37.1. The van der Waals surface area contributed by atoms with Gasteiger partial charge in [-0.25, -0.2) is 0 Å². The Balaban J connectivity index is 0.000000179. The molecule has 10 aromatic rings. The molecule has 0 radical (unpaired) electrons. The monoisotopic (exact) mass is 827 g/mol. The van der Waals surface area contributed by atoms with Crippen LogP contribution in [0.1, 0.15) is 22.3 Å². The molecular weight excluding hydrogens is 771 g/mol. The maximum atomic E-state index is 3.24. The molecule has 1 heteroatoms. The van der Waals surface area contributed by atoms with E-state index in [1.807, 2.05) is 128 Å². The Morgan fingerprint density at radius 3 is 1.16 bits per heavy atom. The predicted molar refractivity (Wildman–Crippen MR) is 282 cm³/mol. The van der Waals surface area contributed by atoms with E-state index in [9.17, 15) is 0 Å². The van der Waals surface area contributed by atoms with Gasteiger partial charge in [-0.1, -0.05) is 259 Å². The first-order chi connectivity index (χ1) is 31.5. The molecule has 0 aliphatic carbocycles. The van der Waals surface area contributed by atoms with Gasteiger partial charge in [-0.15, -0.1) is 0 Å². The number of para-hydroxylation sites is 1. The van der Waals surface area contributed by atoms with Crippen molar-refractivity contribution in [1.82, 2.24) is 0 Å². The molecule has 0 spiro atoms. The van der Waals surface area contributed by atoms with Gasteiger partial charge in [0.25, 0.3) is 0 Å². The minimum absolute atomic E-state index is 1.08. The molecule has 0 aromatic heterocycles. The number of fused-ring (bicyclic) bond motifs is 3. The summed E-state index contributed by atoms with van der Waals surface area (Å²) in [5.74, 6) is 0. The van der Waals surface area contributed by atoms with Gasteiger partial charge in [-0.3, -0.25) is 0 Å². The van der Waals surface area contributed by atoms with Crippen molar-refractivity contribution in [3.05, 3.63) is 301 Å². The van der Waals surface area contributed by atoms with E-state index < -0.39 is 0 Å². The van der Waals surface area contributed by atoms with Crippen LogP contribution in [0.25, 0.3) is 49.5 Å². The summed E-state index contributed by atoms with van der Waals surface area (Å²) in [4.78, 5) is 0. The molecule has 10 rings (SSSR count). The van der Waals surface area contributed by atoms with Crippen molar-refractivity contribution in [2.24, 2.45) is 0 Å². The minimum Gasteiger partial charge on any atom is -0.362 e. The summed E-state index contributed by atoms with van der Waals surface area (Å²) in [6, 6.07) is 86.0. The van der Waals surface area contributed by atoms with Crippen LogP contribution in [0.2, 0.25) is 0 Å². The van der Waals surface area contributed by atoms with Crippen LogP contribution in [0, 0.1) is 20.8 Å². The largest absolute Gasteiger partial charge is 0.362 e. The Morgan fingerprint density at radius 1 is 0.281 bits per heavy atom.